The van der Waals surface area contributed by atoms with Crippen LogP contribution < -0.4 is 10.6 Å². The first-order chi connectivity index (χ1) is 9.20. The summed E-state index contributed by atoms with van der Waals surface area (Å²) in [5, 5.41) is 6.67. The fourth-order valence-corrected chi connectivity index (χ4v) is 3.38. The summed E-state index contributed by atoms with van der Waals surface area (Å²) in [7, 11) is 0. The number of ether oxygens (including phenoxy) is 1. The Kier molecular flexibility index (Phi) is 4.33. The van der Waals surface area contributed by atoms with Crippen LogP contribution in [0.1, 0.15) is 66.7 Å². The van der Waals surface area contributed by atoms with Crippen molar-refractivity contribution in [2.45, 2.75) is 90.4 Å². The van der Waals surface area contributed by atoms with Crippen LogP contribution in [0.4, 0.5) is 4.79 Å². The molecule has 0 saturated heterocycles. The molecule has 2 N–H and O–H groups in total. The van der Waals surface area contributed by atoms with Crippen LogP contribution in [0.5, 0.6) is 0 Å². The third kappa shape index (κ3) is 4.11. The van der Waals surface area contributed by atoms with E-state index < -0.39 is 5.60 Å². The zero-order valence-corrected chi connectivity index (χ0v) is 13.6. The zero-order valence-electron chi connectivity index (χ0n) is 13.6. The van der Waals surface area contributed by atoms with Gasteiger partial charge < -0.3 is 15.4 Å². The molecule has 0 bridgehead atoms. The molecule has 2 saturated carbocycles. The van der Waals surface area contributed by atoms with E-state index in [0.29, 0.717) is 23.5 Å². The molecule has 0 aromatic rings. The molecule has 1 amide bonds. The van der Waals surface area contributed by atoms with Gasteiger partial charge in [-0.05, 0) is 58.3 Å². The van der Waals surface area contributed by atoms with Gasteiger partial charge in [0.25, 0.3) is 0 Å². The molecule has 0 aliphatic heterocycles. The van der Waals surface area contributed by atoms with Crippen LogP contribution in [0.3, 0.4) is 0 Å². The Morgan fingerprint density at radius 2 is 1.85 bits per heavy atom. The summed E-state index contributed by atoms with van der Waals surface area (Å²) in [6, 6.07) is 1.55. The molecule has 0 radical (unpaired) electrons. The van der Waals surface area contributed by atoms with Crippen molar-refractivity contribution in [2.75, 3.05) is 0 Å². The number of carbonyl (C=O) groups excluding carboxylic acids is 1. The fraction of sp³-hybridized carbons (Fsp3) is 0.938. The predicted molar refractivity (Wildman–Crippen MR) is 80.7 cm³/mol. The Hall–Kier alpha value is -0.770. The SMILES string of the molecule is CC(C)NC1CCC2(CC1)CC2NC(=O)OC(C)(C)C. The van der Waals surface area contributed by atoms with Gasteiger partial charge in [0.2, 0.25) is 0 Å². The monoisotopic (exact) mass is 282 g/mol. The molecule has 20 heavy (non-hydrogen) atoms. The average Bonchev–Trinajstić information content (AvgIpc) is 2.91. The summed E-state index contributed by atoms with van der Waals surface area (Å²) in [6.07, 6.45) is 5.76. The maximum absolute atomic E-state index is 11.8. The standard InChI is InChI=1S/C16H30N2O2/c1-11(2)17-12-6-8-16(9-7-12)10-13(16)18-14(19)20-15(3,4)5/h11-13,17H,6-10H2,1-5H3,(H,18,19). The highest BCUT2D eigenvalue weighted by Gasteiger charge is 2.55. The van der Waals surface area contributed by atoms with Crippen LogP contribution in [0.25, 0.3) is 0 Å². The Bertz CT molecular complexity index is 352. The van der Waals surface area contributed by atoms with Gasteiger partial charge in [0.15, 0.2) is 0 Å². The molecule has 2 fully saturated rings. The van der Waals surface area contributed by atoms with Gasteiger partial charge in [-0.3, -0.25) is 0 Å². The lowest BCUT2D eigenvalue weighted by Gasteiger charge is -2.31. The second-order valence-electron chi connectivity index (χ2n) is 7.86. The van der Waals surface area contributed by atoms with E-state index in [-0.39, 0.29) is 6.09 Å². The van der Waals surface area contributed by atoms with E-state index >= 15 is 0 Å². The maximum Gasteiger partial charge on any atom is 0.407 e. The second-order valence-corrected chi connectivity index (χ2v) is 7.86. The zero-order chi connectivity index (χ0) is 15.0. The Labute approximate surface area is 123 Å². The quantitative estimate of drug-likeness (QED) is 0.835. The predicted octanol–water partition coefficient (Wildman–Crippen LogP) is 3.21. The van der Waals surface area contributed by atoms with Gasteiger partial charge in [-0.15, -0.1) is 0 Å². The Morgan fingerprint density at radius 3 is 2.35 bits per heavy atom. The van der Waals surface area contributed by atoms with E-state index in [1.165, 1.54) is 25.7 Å². The third-order valence-corrected chi connectivity index (χ3v) is 4.43. The van der Waals surface area contributed by atoms with E-state index in [2.05, 4.69) is 24.5 Å². The van der Waals surface area contributed by atoms with Gasteiger partial charge in [-0.2, -0.15) is 0 Å². The number of hydrogen-bond acceptors (Lipinski definition) is 3. The highest BCUT2D eigenvalue weighted by molar-refractivity contribution is 5.68. The number of rotatable bonds is 3. The summed E-state index contributed by atoms with van der Waals surface area (Å²) in [5.74, 6) is 0. The lowest BCUT2D eigenvalue weighted by molar-refractivity contribution is 0.0512. The van der Waals surface area contributed by atoms with Crippen molar-refractivity contribution < 1.29 is 9.53 Å². The molecular formula is C16H30N2O2. The molecule has 2 aliphatic rings. The van der Waals surface area contributed by atoms with Gasteiger partial charge >= 0.3 is 6.09 Å². The van der Waals surface area contributed by atoms with Gasteiger partial charge in [0.05, 0.1) is 0 Å². The number of carbonyl (C=O) groups is 1. The lowest BCUT2D eigenvalue weighted by Crippen LogP contribution is -2.40. The molecule has 4 nitrogen and oxygen atoms in total. The van der Waals surface area contributed by atoms with E-state index in [0.717, 1.165) is 6.42 Å². The normalized spacial score (nSPS) is 33.3. The molecular weight excluding hydrogens is 252 g/mol. The lowest BCUT2D eigenvalue weighted by atomic mass is 9.82. The topological polar surface area (TPSA) is 50.4 Å². The number of amides is 1. The third-order valence-electron chi connectivity index (χ3n) is 4.43. The number of nitrogens with one attached hydrogen (secondary N) is 2. The van der Waals surface area contributed by atoms with Crippen LogP contribution >= 0.6 is 0 Å². The molecule has 1 unspecified atom stereocenters. The maximum atomic E-state index is 11.8. The fourth-order valence-electron chi connectivity index (χ4n) is 3.38. The molecule has 0 heterocycles. The van der Waals surface area contributed by atoms with Gasteiger partial charge in [0.1, 0.15) is 5.60 Å². The summed E-state index contributed by atoms with van der Waals surface area (Å²) >= 11 is 0. The van der Waals surface area contributed by atoms with Crippen molar-refractivity contribution in [3.63, 3.8) is 0 Å². The van der Waals surface area contributed by atoms with Crippen molar-refractivity contribution in [1.82, 2.24) is 10.6 Å². The van der Waals surface area contributed by atoms with E-state index in [1.54, 1.807) is 0 Å². The minimum Gasteiger partial charge on any atom is -0.444 e. The van der Waals surface area contributed by atoms with Crippen LogP contribution in [-0.2, 0) is 4.74 Å². The molecule has 116 valence electrons. The molecule has 0 aromatic heterocycles. The molecule has 1 atom stereocenters. The average molecular weight is 282 g/mol. The van der Waals surface area contributed by atoms with E-state index in [9.17, 15) is 4.79 Å². The highest BCUT2D eigenvalue weighted by Crippen LogP contribution is 2.56. The molecule has 2 aliphatic carbocycles. The van der Waals surface area contributed by atoms with Crippen LogP contribution in [0.2, 0.25) is 0 Å². The van der Waals surface area contributed by atoms with Crippen molar-refractivity contribution in [1.29, 1.82) is 0 Å². The minimum absolute atomic E-state index is 0.262. The first kappa shape index (κ1) is 15.6. The van der Waals surface area contributed by atoms with Crippen LogP contribution in [-0.4, -0.2) is 29.8 Å². The van der Waals surface area contributed by atoms with E-state index in [4.69, 9.17) is 4.74 Å². The van der Waals surface area contributed by atoms with Crippen LogP contribution in [0.15, 0.2) is 0 Å². The van der Waals surface area contributed by atoms with Crippen molar-refractivity contribution in [2.24, 2.45) is 5.41 Å². The second kappa shape index (κ2) is 5.55. The molecule has 0 aromatic carbocycles. The Morgan fingerprint density at radius 1 is 1.25 bits per heavy atom. The summed E-state index contributed by atoms with van der Waals surface area (Å²) in [4.78, 5) is 11.8. The molecule has 1 spiro atoms. The van der Waals surface area contributed by atoms with Crippen LogP contribution in [0, 0.1) is 5.41 Å². The molecule has 2 rings (SSSR count). The molecule has 4 heteroatoms. The first-order valence-corrected chi connectivity index (χ1v) is 7.96. The largest absolute Gasteiger partial charge is 0.444 e. The van der Waals surface area contributed by atoms with Crippen molar-refractivity contribution in [3.05, 3.63) is 0 Å². The van der Waals surface area contributed by atoms with E-state index in [1.807, 2.05) is 20.8 Å². The summed E-state index contributed by atoms with van der Waals surface area (Å²) < 4.78 is 5.33. The van der Waals surface area contributed by atoms with Gasteiger partial charge in [0, 0.05) is 18.1 Å². The number of hydrogen-bond donors (Lipinski definition) is 2. The smallest absolute Gasteiger partial charge is 0.407 e. The van der Waals surface area contributed by atoms with Crippen molar-refractivity contribution >= 4 is 6.09 Å². The van der Waals surface area contributed by atoms with Gasteiger partial charge in [-0.25, -0.2) is 4.79 Å². The minimum atomic E-state index is -0.412. The highest BCUT2D eigenvalue weighted by atomic mass is 16.6. The summed E-state index contributed by atoms with van der Waals surface area (Å²) in [6.45, 7) is 10.1. The van der Waals surface area contributed by atoms with Gasteiger partial charge in [-0.1, -0.05) is 13.8 Å². The van der Waals surface area contributed by atoms with Crippen molar-refractivity contribution in [3.8, 4) is 0 Å². The first-order valence-electron chi connectivity index (χ1n) is 7.96. The number of alkyl carbamates (subject to hydrolysis) is 1. The Balaban J connectivity index is 1.74. The summed E-state index contributed by atoms with van der Waals surface area (Å²) in [5.41, 5.74) is -0.0446.